The third-order valence-electron chi connectivity index (χ3n) is 2.94. The van der Waals surface area contributed by atoms with E-state index in [0.29, 0.717) is 17.7 Å². The fourth-order valence-electron chi connectivity index (χ4n) is 1.92. The van der Waals surface area contributed by atoms with E-state index in [9.17, 15) is 0 Å². The van der Waals surface area contributed by atoms with Crippen molar-refractivity contribution in [3.05, 3.63) is 34.9 Å². The molecule has 2 unspecified atom stereocenters. The van der Waals surface area contributed by atoms with Gasteiger partial charge in [-0.1, -0.05) is 29.8 Å². The Kier molecular flexibility index (Phi) is 5.11. The largest absolute Gasteiger partial charge is 0.372 e. The van der Waals surface area contributed by atoms with E-state index < -0.39 is 0 Å². The molecule has 1 aliphatic carbocycles. The first-order valence-electron chi connectivity index (χ1n) is 5.97. The maximum atomic E-state index is 6.16. The maximum absolute atomic E-state index is 6.16. The summed E-state index contributed by atoms with van der Waals surface area (Å²) in [6.45, 7) is 2.58. The van der Waals surface area contributed by atoms with Crippen LogP contribution in [0.5, 0.6) is 0 Å². The molecule has 1 aliphatic heterocycles. The van der Waals surface area contributed by atoms with E-state index in [2.05, 4.69) is 5.32 Å². The van der Waals surface area contributed by atoms with Gasteiger partial charge in [0.2, 0.25) is 0 Å². The van der Waals surface area contributed by atoms with E-state index >= 15 is 0 Å². The van der Waals surface area contributed by atoms with Crippen molar-refractivity contribution in [3.8, 4) is 0 Å². The minimum atomic E-state index is -0.0856. The minimum Gasteiger partial charge on any atom is -0.372 e. The molecule has 0 bridgehead atoms. The molecule has 4 heteroatoms. The summed E-state index contributed by atoms with van der Waals surface area (Å²) in [7, 11) is 0. The Labute approximate surface area is 112 Å². The normalized spacial score (nSPS) is 29.5. The van der Waals surface area contributed by atoms with Gasteiger partial charge in [0.15, 0.2) is 0 Å². The lowest BCUT2D eigenvalue weighted by molar-refractivity contribution is 0.0529. The van der Waals surface area contributed by atoms with Crippen LogP contribution in [-0.2, 0) is 4.74 Å². The van der Waals surface area contributed by atoms with Crippen LogP contribution in [0.2, 0.25) is 0 Å². The lowest BCUT2D eigenvalue weighted by Crippen LogP contribution is -2.35. The lowest BCUT2D eigenvalue weighted by atomic mass is 10.1. The SMILES string of the molecule is ClC1=C(COC2CCCNC2)C=CC(Cl)C=C1. The van der Waals surface area contributed by atoms with Crippen LogP contribution in [0.3, 0.4) is 0 Å². The predicted octanol–water partition coefficient (Wildman–Crippen LogP) is 2.98. The monoisotopic (exact) mass is 273 g/mol. The van der Waals surface area contributed by atoms with Crippen molar-refractivity contribution in [3.63, 3.8) is 0 Å². The van der Waals surface area contributed by atoms with Crippen molar-refractivity contribution in [2.45, 2.75) is 24.3 Å². The maximum Gasteiger partial charge on any atom is 0.0735 e. The number of hydrogen-bond acceptors (Lipinski definition) is 2. The number of allylic oxidation sites excluding steroid dienone is 4. The fraction of sp³-hybridized carbons (Fsp3) is 0.538. The molecule has 0 radical (unpaired) electrons. The number of halogens is 2. The molecule has 1 N–H and O–H groups in total. The summed E-state index contributed by atoms with van der Waals surface area (Å²) in [5, 5.41) is 3.96. The molecule has 0 spiro atoms. The van der Waals surface area contributed by atoms with Crippen molar-refractivity contribution < 1.29 is 4.74 Å². The van der Waals surface area contributed by atoms with E-state index in [4.69, 9.17) is 27.9 Å². The highest BCUT2D eigenvalue weighted by Crippen LogP contribution is 2.20. The van der Waals surface area contributed by atoms with Gasteiger partial charge in [0.1, 0.15) is 0 Å². The highest BCUT2D eigenvalue weighted by Gasteiger charge is 2.14. The van der Waals surface area contributed by atoms with Crippen LogP contribution in [0.25, 0.3) is 0 Å². The minimum absolute atomic E-state index is 0.0856. The molecular formula is C13H17Cl2NO. The molecule has 94 valence electrons. The Balaban J connectivity index is 1.89. The van der Waals surface area contributed by atoms with Crippen molar-refractivity contribution in [1.29, 1.82) is 0 Å². The summed E-state index contributed by atoms with van der Waals surface area (Å²) >= 11 is 12.1. The third-order valence-corrected chi connectivity index (χ3v) is 3.60. The van der Waals surface area contributed by atoms with Crippen molar-refractivity contribution >= 4 is 23.2 Å². The van der Waals surface area contributed by atoms with Crippen LogP contribution in [0.1, 0.15) is 12.8 Å². The first kappa shape index (κ1) is 13.2. The van der Waals surface area contributed by atoms with Crippen LogP contribution >= 0.6 is 23.2 Å². The van der Waals surface area contributed by atoms with Crippen LogP contribution < -0.4 is 5.32 Å². The highest BCUT2D eigenvalue weighted by atomic mass is 35.5. The Morgan fingerprint density at radius 1 is 1.35 bits per heavy atom. The van der Waals surface area contributed by atoms with Crippen molar-refractivity contribution in [2.75, 3.05) is 19.7 Å². The Morgan fingerprint density at radius 2 is 2.18 bits per heavy atom. The van der Waals surface area contributed by atoms with E-state index in [1.165, 1.54) is 6.42 Å². The van der Waals surface area contributed by atoms with Gasteiger partial charge in [0.25, 0.3) is 0 Å². The molecule has 0 saturated carbocycles. The van der Waals surface area contributed by atoms with Gasteiger partial charge in [0.05, 0.1) is 18.1 Å². The molecule has 0 aromatic heterocycles. The molecule has 17 heavy (non-hydrogen) atoms. The zero-order valence-corrected chi connectivity index (χ0v) is 11.2. The number of nitrogens with one attached hydrogen (secondary N) is 1. The van der Waals surface area contributed by atoms with Gasteiger partial charge in [-0.15, -0.1) is 11.6 Å². The number of rotatable bonds is 3. The molecule has 2 nitrogen and oxygen atoms in total. The fourth-order valence-corrected chi connectivity index (χ4v) is 2.26. The second-order valence-electron chi connectivity index (χ2n) is 4.32. The Bertz CT molecular complexity index is 343. The average Bonchev–Trinajstić information content (AvgIpc) is 2.52. The topological polar surface area (TPSA) is 21.3 Å². The number of hydrogen-bond donors (Lipinski definition) is 1. The summed E-state index contributed by atoms with van der Waals surface area (Å²) in [5.41, 5.74) is 0.997. The van der Waals surface area contributed by atoms with Crippen molar-refractivity contribution in [2.24, 2.45) is 0 Å². The Morgan fingerprint density at radius 3 is 2.94 bits per heavy atom. The van der Waals surface area contributed by atoms with Gasteiger partial charge in [-0.2, -0.15) is 0 Å². The van der Waals surface area contributed by atoms with Gasteiger partial charge in [-0.3, -0.25) is 0 Å². The number of piperidine rings is 1. The van der Waals surface area contributed by atoms with E-state index in [0.717, 1.165) is 25.1 Å². The zero-order chi connectivity index (χ0) is 12.1. The van der Waals surface area contributed by atoms with Crippen LogP contribution in [-0.4, -0.2) is 31.2 Å². The Hall–Kier alpha value is -0.280. The van der Waals surface area contributed by atoms with Gasteiger partial charge in [-0.25, -0.2) is 0 Å². The van der Waals surface area contributed by atoms with E-state index in [-0.39, 0.29) is 5.38 Å². The van der Waals surface area contributed by atoms with Gasteiger partial charge in [-0.05, 0) is 31.0 Å². The summed E-state index contributed by atoms with van der Waals surface area (Å²) in [6, 6.07) is 0. The number of alkyl halides is 1. The molecule has 2 aliphatic rings. The van der Waals surface area contributed by atoms with Gasteiger partial charge >= 0.3 is 0 Å². The second kappa shape index (κ2) is 6.60. The molecule has 0 aromatic carbocycles. The van der Waals surface area contributed by atoms with Gasteiger partial charge in [0, 0.05) is 11.6 Å². The summed E-state index contributed by atoms with van der Waals surface area (Å²) in [6.07, 6.45) is 10.2. The van der Waals surface area contributed by atoms with E-state index in [1.807, 2.05) is 24.3 Å². The average molecular weight is 274 g/mol. The zero-order valence-electron chi connectivity index (χ0n) is 9.66. The first-order chi connectivity index (χ1) is 8.25. The van der Waals surface area contributed by atoms with E-state index in [1.54, 1.807) is 0 Å². The predicted molar refractivity (Wildman–Crippen MR) is 72.6 cm³/mol. The highest BCUT2D eigenvalue weighted by molar-refractivity contribution is 6.32. The molecule has 2 atom stereocenters. The molecule has 1 saturated heterocycles. The van der Waals surface area contributed by atoms with Crippen LogP contribution in [0, 0.1) is 0 Å². The standard InChI is InChI=1S/C13H17Cl2NO/c14-11-4-3-10(13(15)6-5-11)9-17-12-2-1-7-16-8-12/h3-6,11-12,16H,1-2,7-9H2. The summed E-state index contributed by atoms with van der Waals surface area (Å²) < 4.78 is 5.85. The smallest absolute Gasteiger partial charge is 0.0735 e. The molecule has 0 amide bonds. The molecule has 1 fully saturated rings. The summed E-state index contributed by atoms with van der Waals surface area (Å²) in [5.74, 6) is 0. The number of ether oxygens (including phenoxy) is 1. The van der Waals surface area contributed by atoms with Crippen molar-refractivity contribution in [1.82, 2.24) is 5.32 Å². The van der Waals surface area contributed by atoms with Gasteiger partial charge < -0.3 is 10.1 Å². The molecule has 2 rings (SSSR count). The quantitative estimate of drug-likeness (QED) is 0.799. The molecule has 1 heterocycles. The molecule has 0 aromatic rings. The third kappa shape index (κ3) is 4.14. The van der Waals surface area contributed by atoms with Crippen LogP contribution in [0.15, 0.2) is 34.9 Å². The first-order valence-corrected chi connectivity index (χ1v) is 6.78. The molecular weight excluding hydrogens is 257 g/mol. The summed E-state index contributed by atoms with van der Waals surface area (Å²) in [4.78, 5) is 0. The van der Waals surface area contributed by atoms with Crippen LogP contribution in [0.4, 0.5) is 0 Å². The lowest BCUT2D eigenvalue weighted by Gasteiger charge is -2.23. The second-order valence-corrected chi connectivity index (χ2v) is 5.23.